The molecule has 0 bridgehead atoms. The molecule has 134 valence electrons. The second-order valence-electron chi connectivity index (χ2n) is 5.85. The highest BCUT2D eigenvalue weighted by Crippen LogP contribution is 2.21. The number of carbonyl (C=O) groups is 1. The first kappa shape index (κ1) is 17.7. The van der Waals surface area contributed by atoms with Gasteiger partial charge in [-0.3, -0.25) is 4.79 Å². The van der Waals surface area contributed by atoms with E-state index < -0.39 is 0 Å². The lowest BCUT2D eigenvalue weighted by Crippen LogP contribution is -2.49. The normalized spacial score (nSPS) is 14.6. The van der Waals surface area contributed by atoms with Gasteiger partial charge in [0.15, 0.2) is 5.16 Å². The Morgan fingerprint density at radius 2 is 1.92 bits per heavy atom. The number of nitrogens with zero attached hydrogens (tertiary/aromatic N) is 4. The number of aromatic nitrogens is 2. The standard InChI is InChI=1S/C18H24N4O2S/c1-3-20-9-8-19-18(20)25-14-17(23)22-12-10-21(11-13-22)15-4-6-16(24-2)7-5-15/h4-9H,3,10-14H2,1-2H3. The molecule has 0 atom stereocenters. The van der Waals surface area contributed by atoms with Crippen LogP contribution in [0.15, 0.2) is 41.8 Å². The zero-order chi connectivity index (χ0) is 17.6. The molecule has 1 amide bonds. The molecule has 0 aliphatic carbocycles. The van der Waals surface area contributed by atoms with Crippen molar-refractivity contribution in [2.75, 3.05) is 43.9 Å². The van der Waals surface area contributed by atoms with Gasteiger partial charge in [0.2, 0.25) is 5.91 Å². The van der Waals surface area contributed by atoms with Gasteiger partial charge in [0, 0.05) is 50.8 Å². The molecular formula is C18H24N4O2S. The number of anilines is 1. The Balaban J connectivity index is 1.48. The van der Waals surface area contributed by atoms with Crippen molar-refractivity contribution in [1.82, 2.24) is 14.5 Å². The van der Waals surface area contributed by atoms with Gasteiger partial charge in [-0.25, -0.2) is 4.98 Å². The van der Waals surface area contributed by atoms with Gasteiger partial charge in [0.05, 0.1) is 12.9 Å². The Bertz CT molecular complexity index is 693. The van der Waals surface area contributed by atoms with E-state index in [0.29, 0.717) is 5.75 Å². The van der Waals surface area contributed by atoms with E-state index in [1.165, 1.54) is 17.4 Å². The summed E-state index contributed by atoms with van der Waals surface area (Å²) in [5.74, 6) is 1.49. The molecule has 0 unspecified atom stereocenters. The van der Waals surface area contributed by atoms with Crippen LogP contribution in [0, 0.1) is 0 Å². The summed E-state index contributed by atoms with van der Waals surface area (Å²) in [5.41, 5.74) is 1.17. The number of ether oxygens (including phenoxy) is 1. The summed E-state index contributed by atoms with van der Waals surface area (Å²) in [5, 5.41) is 0.910. The average Bonchev–Trinajstić information content (AvgIpc) is 3.14. The highest BCUT2D eigenvalue weighted by atomic mass is 32.2. The maximum absolute atomic E-state index is 12.5. The van der Waals surface area contributed by atoms with Gasteiger partial charge < -0.3 is 19.1 Å². The number of hydrogen-bond acceptors (Lipinski definition) is 5. The average molecular weight is 360 g/mol. The van der Waals surface area contributed by atoms with Crippen LogP contribution < -0.4 is 9.64 Å². The molecule has 7 heteroatoms. The zero-order valence-electron chi connectivity index (χ0n) is 14.7. The van der Waals surface area contributed by atoms with Crippen LogP contribution in [0.4, 0.5) is 5.69 Å². The number of methoxy groups -OCH3 is 1. The Labute approximate surface area is 152 Å². The first-order chi connectivity index (χ1) is 12.2. The molecule has 1 saturated heterocycles. The van der Waals surface area contributed by atoms with E-state index in [-0.39, 0.29) is 5.91 Å². The number of thioether (sulfide) groups is 1. The summed E-state index contributed by atoms with van der Waals surface area (Å²) in [7, 11) is 1.67. The molecule has 0 radical (unpaired) electrons. The highest BCUT2D eigenvalue weighted by molar-refractivity contribution is 7.99. The summed E-state index contributed by atoms with van der Waals surface area (Å²) in [6.45, 7) is 6.17. The molecule has 2 aromatic rings. The molecule has 1 aromatic heterocycles. The lowest BCUT2D eigenvalue weighted by molar-refractivity contribution is -0.128. The van der Waals surface area contributed by atoms with Gasteiger partial charge in [0.1, 0.15) is 5.75 Å². The molecule has 1 aliphatic rings. The quantitative estimate of drug-likeness (QED) is 0.740. The molecule has 3 rings (SSSR count). The topological polar surface area (TPSA) is 50.6 Å². The minimum absolute atomic E-state index is 0.185. The first-order valence-corrected chi connectivity index (χ1v) is 9.50. The molecule has 1 aliphatic heterocycles. The van der Waals surface area contributed by atoms with Crippen LogP contribution in [0.25, 0.3) is 0 Å². The second kappa shape index (κ2) is 8.29. The molecule has 1 fully saturated rings. The van der Waals surface area contributed by atoms with E-state index in [4.69, 9.17) is 4.74 Å². The lowest BCUT2D eigenvalue weighted by atomic mass is 10.2. The maximum Gasteiger partial charge on any atom is 0.233 e. The minimum atomic E-state index is 0.185. The molecule has 6 nitrogen and oxygen atoms in total. The molecular weight excluding hydrogens is 336 g/mol. The van der Waals surface area contributed by atoms with Crippen molar-refractivity contribution >= 4 is 23.4 Å². The number of aryl methyl sites for hydroxylation is 1. The number of hydrogen-bond donors (Lipinski definition) is 0. The number of amides is 1. The first-order valence-electron chi connectivity index (χ1n) is 8.52. The van der Waals surface area contributed by atoms with Gasteiger partial charge in [-0.05, 0) is 31.2 Å². The lowest BCUT2D eigenvalue weighted by Gasteiger charge is -2.36. The Kier molecular flexibility index (Phi) is 5.86. The summed E-state index contributed by atoms with van der Waals surface area (Å²) < 4.78 is 7.25. The minimum Gasteiger partial charge on any atom is -0.497 e. The number of piperazine rings is 1. The molecule has 0 N–H and O–H groups in total. The number of carbonyl (C=O) groups excluding carboxylic acids is 1. The smallest absolute Gasteiger partial charge is 0.233 e. The van der Waals surface area contributed by atoms with Crippen LogP contribution in [0.3, 0.4) is 0 Å². The van der Waals surface area contributed by atoms with Crippen LogP contribution in [-0.2, 0) is 11.3 Å². The van der Waals surface area contributed by atoms with Crippen molar-refractivity contribution in [2.24, 2.45) is 0 Å². The van der Waals surface area contributed by atoms with Crippen LogP contribution in [-0.4, -0.2) is 59.4 Å². The fourth-order valence-corrected chi connectivity index (χ4v) is 3.83. The zero-order valence-corrected chi connectivity index (χ0v) is 15.5. The molecule has 0 saturated carbocycles. The third-order valence-electron chi connectivity index (χ3n) is 4.41. The third kappa shape index (κ3) is 4.28. The Morgan fingerprint density at radius 3 is 2.56 bits per heavy atom. The van der Waals surface area contributed by atoms with Crippen molar-refractivity contribution in [3.8, 4) is 5.75 Å². The van der Waals surface area contributed by atoms with E-state index in [9.17, 15) is 4.79 Å². The highest BCUT2D eigenvalue weighted by Gasteiger charge is 2.21. The van der Waals surface area contributed by atoms with Crippen LogP contribution in [0.1, 0.15) is 6.92 Å². The molecule has 0 spiro atoms. The van der Waals surface area contributed by atoms with Gasteiger partial charge >= 0.3 is 0 Å². The van der Waals surface area contributed by atoms with E-state index in [1.54, 1.807) is 13.3 Å². The predicted octanol–water partition coefficient (Wildman–Crippen LogP) is 2.35. The van der Waals surface area contributed by atoms with Crippen molar-refractivity contribution < 1.29 is 9.53 Å². The number of imidazole rings is 1. The van der Waals surface area contributed by atoms with E-state index >= 15 is 0 Å². The van der Waals surface area contributed by atoms with Gasteiger partial charge in [-0.2, -0.15) is 0 Å². The van der Waals surface area contributed by atoms with E-state index in [1.807, 2.05) is 23.2 Å². The van der Waals surface area contributed by atoms with Gasteiger partial charge in [0.25, 0.3) is 0 Å². The Morgan fingerprint density at radius 1 is 1.20 bits per heavy atom. The van der Waals surface area contributed by atoms with E-state index in [0.717, 1.165) is 43.6 Å². The van der Waals surface area contributed by atoms with Crippen molar-refractivity contribution in [3.63, 3.8) is 0 Å². The van der Waals surface area contributed by atoms with Gasteiger partial charge in [-0.15, -0.1) is 0 Å². The SMILES string of the molecule is CCn1ccnc1SCC(=O)N1CCN(c2ccc(OC)cc2)CC1. The fourth-order valence-electron chi connectivity index (χ4n) is 2.90. The fraction of sp³-hybridized carbons (Fsp3) is 0.444. The third-order valence-corrected chi connectivity index (χ3v) is 5.40. The molecule has 2 heterocycles. The number of rotatable bonds is 6. The van der Waals surface area contributed by atoms with Gasteiger partial charge in [-0.1, -0.05) is 11.8 Å². The maximum atomic E-state index is 12.5. The predicted molar refractivity (Wildman–Crippen MR) is 100 cm³/mol. The van der Waals surface area contributed by atoms with Crippen LogP contribution in [0.5, 0.6) is 5.75 Å². The van der Waals surface area contributed by atoms with Crippen molar-refractivity contribution in [1.29, 1.82) is 0 Å². The monoisotopic (exact) mass is 360 g/mol. The largest absolute Gasteiger partial charge is 0.497 e. The molecule has 25 heavy (non-hydrogen) atoms. The van der Waals surface area contributed by atoms with Crippen LogP contribution >= 0.6 is 11.8 Å². The van der Waals surface area contributed by atoms with Crippen molar-refractivity contribution in [2.45, 2.75) is 18.6 Å². The Hall–Kier alpha value is -2.15. The summed E-state index contributed by atoms with van der Waals surface area (Å²) in [6.07, 6.45) is 3.73. The summed E-state index contributed by atoms with van der Waals surface area (Å²) in [6, 6.07) is 8.08. The summed E-state index contributed by atoms with van der Waals surface area (Å²) >= 11 is 1.51. The molecule has 1 aromatic carbocycles. The van der Waals surface area contributed by atoms with E-state index in [2.05, 4.69) is 33.5 Å². The summed E-state index contributed by atoms with van der Waals surface area (Å²) in [4.78, 5) is 21.0. The van der Waals surface area contributed by atoms with Crippen molar-refractivity contribution in [3.05, 3.63) is 36.7 Å². The number of benzene rings is 1. The van der Waals surface area contributed by atoms with Crippen LogP contribution in [0.2, 0.25) is 0 Å². The second-order valence-corrected chi connectivity index (χ2v) is 6.79.